The molecule has 2 heterocycles. The Morgan fingerprint density at radius 1 is 1.71 bits per heavy atom. The van der Waals surface area contributed by atoms with E-state index in [4.69, 9.17) is 9.47 Å². The quantitative estimate of drug-likeness (QED) is 0.660. The first-order valence-corrected chi connectivity index (χ1v) is 4.48. The summed E-state index contributed by atoms with van der Waals surface area (Å²) in [5, 5.41) is 2.88. The molecule has 0 saturated heterocycles. The van der Waals surface area contributed by atoms with Gasteiger partial charge in [0.1, 0.15) is 12.3 Å². The first-order valence-electron chi connectivity index (χ1n) is 4.48. The third kappa shape index (κ3) is 1.51. The van der Waals surface area contributed by atoms with Gasteiger partial charge in [-0.15, -0.1) is 0 Å². The Hall–Kier alpha value is -1.71. The Kier molecular flexibility index (Phi) is 2.26. The zero-order valence-electron chi connectivity index (χ0n) is 7.87. The van der Waals surface area contributed by atoms with Gasteiger partial charge in [-0.2, -0.15) is 0 Å². The highest BCUT2D eigenvalue weighted by molar-refractivity contribution is 5.89. The number of rotatable bonds is 2. The largest absolute Gasteiger partial charge is 0.496 e. The third-order valence-corrected chi connectivity index (χ3v) is 2.02. The molecule has 2 aliphatic rings. The summed E-state index contributed by atoms with van der Waals surface area (Å²) >= 11 is 0. The van der Waals surface area contributed by atoms with Crippen molar-refractivity contribution in [1.29, 1.82) is 0 Å². The van der Waals surface area contributed by atoms with Crippen molar-refractivity contribution >= 4 is 5.97 Å². The van der Waals surface area contributed by atoms with Crippen LogP contribution in [0.4, 0.5) is 0 Å². The zero-order chi connectivity index (χ0) is 9.97. The predicted octanol–water partition coefficient (Wildman–Crippen LogP) is 0.835. The second kappa shape index (κ2) is 3.57. The molecule has 2 aliphatic heterocycles. The van der Waals surface area contributed by atoms with Gasteiger partial charge < -0.3 is 14.8 Å². The molecule has 0 radical (unpaired) electrons. The fourth-order valence-corrected chi connectivity index (χ4v) is 1.32. The molecule has 74 valence electrons. The van der Waals surface area contributed by atoms with Crippen LogP contribution in [0.3, 0.4) is 0 Å². The maximum atomic E-state index is 11.3. The normalized spacial score (nSPS) is 18.2. The van der Waals surface area contributed by atoms with Gasteiger partial charge in [0.05, 0.1) is 12.9 Å². The molecule has 0 atom stereocenters. The van der Waals surface area contributed by atoms with Gasteiger partial charge in [0, 0.05) is 17.3 Å². The summed E-state index contributed by atoms with van der Waals surface area (Å²) in [7, 11) is 0. The fourth-order valence-electron chi connectivity index (χ4n) is 1.32. The van der Waals surface area contributed by atoms with Crippen molar-refractivity contribution in [2.24, 2.45) is 0 Å². The number of dihydropyridines is 1. The summed E-state index contributed by atoms with van der Waals surface area (Å²) in [5.41, 5.74) is 2.44. The minimum absolute atomic E-state index is 0.337. The van der Waals surface area contributed by atoms with Crippen LogP contribution in [0, 0.1) is 0 Å². The second-order valence-electron chi connectivity index (χ2n) is 2.98. The molecular weight excluding hydrogens is 182 g/mol. The molecule has 2 rings (SSSR count). The van der Waals surface area contributed by atoms with Crippen LogP contribution < -0.4 is 5.32 Å². The first kappa shape index (κ1) is 8.87. The van der Waals surface area contributed by atoms with Crippen LogP contribution in [0.2, 0.25) is 0 Å². The van der Waals surface area contributed by atoms with Gasteiger partial charge in [-0.1, -0.05) is 0 Å². The van der Waals surface area contributed by atoms with Gasteiger partial charge in [0.15, 0.2) is 0 Å². The average Bonchev–Trinajstić information content (AvgIpc) is 2.64. The molecule has 0 unspecified atom stereocenters. The lowest BCUT2D eigenvalue weighted by atomic mass is 10.1. The Bertz CT molecular complexity index is 352. The highest BCUT2D eigenvalue weighted by Gasteiger charge is 2.19. The van der Waals surface area contributed by atoms with E-state index in [-0.39, 0.29) is 5.97 Å². The van der Waals surface area contributed by atoms with E-state index in [2.05, 4.69) is 5.32 Å². The van der Waals surface area contributed by atoms with Crippen molar-refractivity contribution in [3.63, 3.8) is 0 Å². The van der Waals surface area contributed by atoms with E-state index in [9.17, 15) is 4.79 Å². The van der Waals surface area contributed by atoms with E-state index < -0.39 is 0 Å². The molecule has 0 aromatic heterocycles. The molecular formula is C10H11NO3. The van der Waals surface area contributed by atoms with Crippen LogP contribution in [0.1, 0.15) is 6.92 Å². The number of allylic oxidation sites excluding steroid dienone is 1. The maximum absolute atomic E-state index is 11.3. The fraction of sp³-hybridized carbons (Fsp3) is 0.300. The van der Waals surface area contributed by atoms with Crippen LogP contribution in [-0.4, -0.2) is 19.2 Å². The SMILES string of the molecule is CCOC(=O)C1=CC2=COCC2=CN1. The molecule has 4 nitrogen and oxygen atoms in total. The standard InChI is InChI=1S/C10H11NO3/c1-2-14-10(12)9-3-7-5-13-6-8(7)4-11-9/h3-5,11H,2,6H2,1H3. The summed E-state index contributed by atoms with van der Waals surface area (Å²) in [6.45, 7) is 2.72. The minimum atomic E-state index is -0.337. The van der Waals surface area contributed by atoms with E-state index in [1.54, 1.807) is 25.5 Å². The molecule has 1 N–H and O–H groups in total. The van der Waals surface area contributed by atoms with Crippen molar-refractivity contribution in [3.8, 4) is 0 Å². The first-order chi connectivity index (χ1) is 6.81. The number of carbonyl (C=O) groups excluding carboxylic acids is 1. The maximum Gasteiger partial charge on any atom is 0.354 e. The molecule has 0 aromatic carbocycles. The number of esters is 1. The molecule has 0 aliphatic carbocycles. The van der Waals surface area contributed by atoms with Gasteiger partial charge in [-0.3, -0.25) is 0 Å². The van der Waals surface area contributed by atoms with Crippen LogP contribution >= 0.6 is 0 Å². The highest BCUT2D eigenvalue weighted by atomic mass is 16.5. The average molecular weight is 193 g/mol. The van der Waals surface area contributed by atoms with Gasteiger partial charge >= 0.3 is 5.97 Å². The minimum Gasteiger partial charge on any atom is -0.496 e. The molecule has 0 spiro atoms. The van der Waals surface area contributed by atoms with E-state index in [0.29, 0.717) is 18.9 Å². The van der Waals surface area contributed by atoms with Crippen molar-refractivity contribution in [3.05, 3.63) is 35.4 Å². The number of carbonyl (C=O) groups is 1. The predicted molar refractivity (Wildman–Crippen MR) is 50.0 cm³/mol. The lowest BCUT2D eigenvalue weighted by Gasteiger charge is -2.12. The van der Waals surface area contributed by atoms with Gasteiger partial charge in [0.25, 0.3) is 0 Å². The molecule has 4 heteroatoms. The van der Waals surface area contributed by atoms with E-state index >= 15 is 0 Å². The Morgan fingerprint density at radius 2 is 2.57 bits per heavy atom. The highest BCUT2D eigenvalue weighted by Crippen LogP contribution is 2.22. The van der Waals surface area contributed by atoms with Crippen LogP contribution in [-0.2, 0) is 14.3 Å². The van der Waals surface area contributed by atoms with Crippen molar-refractivity contribution in [2.75, 3.05) is 13.2 Å². The summed E-state index contributed by atoms with van der Waals surface area (Å²) in [4.78, 5) is 11.3. The van der Waals surface area contributed by atoms with Crippen LogP contribution in [0.15, 0.2) is 35.4 Å². The number of hydrogen-bond acceptors (Lipinski definition) is 4. The summed E-state index contributed by atoms with van der Waals surface area (Å²) in [6, 6.07) is 0. The van der Waals surface area contributed by atoms with Crippen molar-refractivity contribution < 1.29 is 14.3 Å². The molecule has 0 fully saturated rings. The summed E-state index contributed by atoms with van der Waals surface area (Å²) in [5.74, 6) is -0.337. The van der Waals surface area contributed by atoms with Crippen molar-refractivity contribution in [1.82, 2.24) is 5.32 Å². The summed E-state index contributed by atoms with van der Waals surface area (Å²) < 4.78 is 9.98. The molecule has 0 amide bonds. The van der Waals surface area contributed by atoms with E-state index in [1.807, 2.05) is 0 Å². The molecule has 0 saturated carbocycles. The number of hydrogen-bond donors (Lipinski definition) is 1. The molecule has 0 aromatic rings. The third-order valence-electron chi connectivity index (χ3n) is 2.02. The smallest absolute Gasteiger partial charge is 0.354 e. The molecule has 14 heavy (non-hydrogen) atoms. The van der Waals surface area contributed by atoms with E-state index in [0.717, 1.165) is 11.1 Å². The monoisotopic (exact) mass is 193 g/mol. The number of nitrogens with one attached hydrogen (secondary N) is 1. The Morgan fingerprint density at radius 3 is 3.36 bits per heavy atom. The lowest BCUT2D eigenvalue weighted by Crippen LogP contribution is -2.21. The lowest BCUT2D eigenvalue weighted by molar-refractivity contribution is -0.138. The van der Waals surface area contributed by atoms with Gasteiger partial charge in [-0.05, 0) is 13.0 Å². The number of fused-ring (bicyclic) bond motifs is 1. The topological polar surface area (TPSA) is 47.6 Å². The van der Waals surface area contributed by atoms with Crippen molar-refractivity contribution in [2.45, 2.75) is 6.92 Å². The van der Waals surface area contributed by atoms with E-state index in [1.165, 1.54) is 0 Å². The molecule has 0 bridgehead atoms. The zero-order valence-corrected chi connectivity index (χ0v) is 7.87. The summed E-state index contributed by atoms with van der Waals surface area (Å²) in [6.07, 6.45) is 5.15. The van der Waals surface area contributed by atoms with Gasteiger partial charge in [-0.25, -0.2) is 4.79 Å². The van der Waals surface area contributed by atoms with Crippen LogP contribution in [0.5, 0.6) is 0 Å². The van der Waals surface area contributed by atoms with Gasteiger partial charge in [0.2, 0.25) is 0 Å². The van der Waals surface area contributed by atoms with Crippen LogP contribution in [0.25, 0.3) is 0 Å². The Balaban J connectivity index is 2.13. The Labute approximate surface area is 81.9 Å². The number of ether oxygens (including phenoxy) is 2. The second-order valence-corrected chi connectivity index (χ2v) is 2.98.